The second kappa shape index (κ2) is 9.09. The maximum atomic E-state index is 9.68. The Bertz CT molecular complexity index is 300. The zero-order chi connectivity index (χ0) is 13.2. The largest absolute Gasteiger partial charge is 0.394 e. The van der Waals surface area contributed by atoms with E-state index < -0.39 is 6.10 Å². The highest BCUT2D eigenvalue weighted by molar-refractivity contribution is 5.14. The van der Waals surface area contributed by atoms with Gasteiger partial charge in [-0.15, -0.1) is 0 Å². The molecule has 0 radical (unpaired) electrons. The van der Waals surface area contributed by atoms with Gasteiger partial charge in [-0.3, -0.25) is 0 Å². The van der Waals surface area contributed by atoms with E-state index in [9.17, 15) is 5.11 Å². The molecule has 0 saturated carbocycles. The molecule has 0 saturated heterocycles. The van der Waals surface area contributed by atoms with Crippen molar-refractivity contribution in [3.05, 3.63) is 35.9 Å². The quantitative estimate of drug-likeness (QED) is 0.662. The first-order valence-electron chi connectivity index (χ1n) is 6.67. The Labute approximate surface area is 109 Å². The SMILES string of the molecule is CC(CO)OCC(O)CCCCc1ccccc1. The monoisotopic (exact) mass is 252 g/mol. The fraction of sp³-hybridized carbons (Fsp3) is 0.600. The van der Waals surface area contributed by atoms with E-state index in [0.29, 0.717) is 6.61 Å². The number of benzene rings is 1. The maximum absolute atomic E-state index is 9.68. The first-order chi connectivity index (χ1) is 8.72. The van der Waals surface area contributed by atoms with Crippen LogP contribution in [0.25, 0.3) is 0 Å². The highest BCUT2D eigenvalue weighted by Crippen LogP contribution is 2.08. The van der Waals surface area contributed by atoms with E-state index in [2.05, 4.69) is 12.1 Å². The van der Waals surface area contributed by atoms with Gasteiger partial charge in [0.1, 0.15) is 0 Å². The molecule has 0 aliphatic heterocycles. The van der Waals surface area contributed by atoms with E-state index in [4.69, 9.17) is 9.84 Å². The van der Waals surface area contributed by atoms with E-state index >= 15 is 0 Å². The highest BCUT2D eigenvalue weighted by Gasteiger charge is 2.07. The van der Waals surface area contributed by atoms with Gasteiger partial charge < -0.3 is 14.9 Å². The van der Waals surface area contributed by atoms with Crippen molar-refractivity contribution in [3.8, 4) is 0 Å². The predicted molar refractivity (Wildman–Crippen MR) is 72.5 cm³/mol. The zero-order valence-electron chi connectivity index (χ0n) is 11.1. The molecule has 0 fully saturated rings. The zero-order valence-corrected chi connectivity index (χ0v) is 11.1. The highest BCUT2D eigenvalue weighted by atomic mass is 16.5. The molecule has 0 bridgehead atoms. The molecule has 2 unspecified atom stereocenters. The molecule has 0 aliphatic rings. The molecule has 3 heteroatoms. The van der Waals surface area contributed by atoms with Gasteiger partial charge in [-0.05, 0) is 31.7 Å². The van der Waals surface area contributed by atoms with Crippen molar-refractivity contribution in [3.63, 3.8) is 0 Å². The van der Waals surface area contributed by atoms with Crippen LogP contribution in [0, 0.1) is 0 Å². The molecule has 3 nitrogen and oxygen atoms in total. The standard InChI is InChI=1S/C15H24O3/c1-13(11-16)18-12-15(17)10-6-5-9-14-7-3-2-4-8-14/h2-4,7-8,13,15-17H,5-6,9-12H2,1H3. The Morgan fingerprint density at radius 3 is 2.56 bits per heavy atom. The number of hydrogen-bond acceptors (Lipinski definition) is 3. The second-order valence-electron chi connectivity index (χ2n) is 4.71. The number of hydrogen-bond donors (Lipinski definition) is 2. The topological polar surface area (TPSA) is 49.7 Å². The van der Waals surface area contributed by atoms with E-state index in [1.54, 1.807) is 6.92 Å². The molecule has 0 heterocycles. The minimum atomic E-state index is -0.422. The van der Waals surface area contributed by atoms with Gasteiger partial charge in [0.2, 0.25) is 0 Å². The predicted octanol–water partition coefficient (Wildman–Crippen LogP) is 2.16. The van der Waals surface area contributed by atoms with Crippen LogP contribution in [-0.2, 0) is 11.2 Å². The fourth-order valence-electron chi connectivity index (χ4n) is 1.77. The van der Waals surface area contributed by atoms with Gasteiger partial charge in [0.05, 0.1) is 25.4 Å². The van der Waals surface area contributed by atoms with Gasteiger partial charge in [-0.2, -0.15) is 0 Å². The molecule has 1 aromatic rings. The minimum absolute atomic E-state index is 0.000721. The van der Waals surface area contributed by atoms with Gasteiger partial charge in [0, 0.05) is 0 Å². The number of aryl methyl sites for hydroxylation is 1. The molecule has 0 aromatic heterocycles. The molecule has 0 aliphatic carbocycles. The summed E-state index contributed by atoms with van der Waals surface area (Å²) in [6.45, 7) is 2.11. The van der Waals surface area contributed by atoms with Crippen LogP contribution in [0.1, 0.15) is 31.7 Å². The third-order valence-corrected chi connectivity index (χ3v) is 2.93. The van der Waals surface area contributed by atoms with Crippen molar-refractivity contribution in [1.29, 1.82) is 0 Å². The van der Waals surface area contributed by atoms with Crippen LogP contribution < -0.4 is 0 Å². The number of unbranched alkanes of at least 4 members (excludes halogenated alkanes) is 1. The van der Waals surface area contributed by atoms with E-state index in [-0.39, 0.29) is 12.7 Å². The summed E-state index contributed by atoms with van der Waals surface area (Å²) in [5.74, 6) is 0. The molecule has 2 N–H and O–H groups in total. The van der Waals surface area contributed by atoms with Gasteiger partial charge in [0.15, 0.2) is 0 Å². The van der Waals surface area contributed by atoms with Gasteiger partial charge in [-0.25, -0.2) is 0 Å². The van der Waals surface area contributed by atoms with Crippen LogP contribution in [-0.4, -0.2) is 35.6 Å². The summed E-state index contributed by atoms with van der Waals surface area (Å²) < 4.78 is 5.27. The first kappa shape index (κ1) is 15.2. The average Bonchev–Trinajstić information content (AvgIpc) is 2.42. The number of rotatable bonds is 9. The van der Waals surface area contributed by atoms with Crippen molar-refractivity contribution in [2.24, 2.45) is 0 Å². The third kappa shape index (κ3) is 6.74. The first-order valence-corrected chi connectivity index (χ1v) is 6.67. The number of aliphatic hydroxyl groups excluding tert-OH is 2. The molecule has 0 amide bonds. The Balaban J connectivity index is 2.03. The Kier molecular flexibility index (Phi) is 7.65. The summed E-state index contributed by atoms with van der Waals surface area (Å²) in [6, 6.07) is 10.4. The summed E-state index contributed by atoms with van der Waals surface area (Å²) in [7, 11) is 0. The summed E-state index contributed by atoms with van der Waals surface area (Å²) in [5, 5.41) is 18.5. The lowest BCUT2D eigenvalue weighted by Crippen LogP contribution is -2.22. The normalized spacial score (nSPS) is 14.4. The van der Waals surface area contributed by atoms with E-state index in [0.717, 1.165) is 25.7 Å². The molecule has 1 aromatic carbocycles. The Hall–Kier alpha value is -0.900. The maximum Gasteiger partial charge on any atom is 0.0779 e. The lowest BCUT2D eigenvalue weighted by Gasteiger charge is -2.14. The fourth-order valence-corrected chi connectivity index (χ4v) is 1.77. The van der Waals surface area contributed by atoms with Crippen molar-refractivity contribution in [2.45, 2.75) is 44.8 Å². The number of aliphatic hydroxyl groups is 2. The molecular weight excluding hydrogens is 228 g/mol. The van der Waals surface area contributed by atoms with Gasteiger partial charge in [0.25, 0.3) is 0 Å². The van der Waals surface area contributed by atoms with Gasteiger partial charge >= 0.3 is 0 Å². The van der Waals surface area contributed by atoms with Gasteiger partial charge in [-0.1, -0.05) is 36.8 Å². The van der Waals surface area contributed by atoms with Crippen molar-refractivity contribution >= 4 is 0 Å². The Morgan fingerprint density at radius 1 is 1.17 bits per heavy atom. The van der Waals surface area contributed by atoms with Crippen molar-refractivity contribution in [2.75, 3.05) is 13.2 Å². The van der Waals surface area contributed by atoms with Crippen LogP contribution in [0.5, 0.6) is 0 Å². The molecule has 0 spiro atoms. The van der Waals surface area contributed by atoms with Crippen molar-refractivity contribution in [1.82, 2.24) is 0 Å². The average molecular weight is 252 g/mol. The molecule has 1 rings (SSSR count). The number of ether oxygens (including phenoxy) is 1. The second-order valence-corrected chi connectivity index (χ2v) is 4.71. The summed E-state index contributed by atoms with van der Waals surface area (Å²) >= 11 is 0. The summed E-state index contributed by atoms with van der Waals surface area (Å²) in [6.07, 6.45) is 3.27. The van der Waals surface area contributed by atoms with Crippen LogP contribution in [0.3, 0.4) is 0 Å². The van der Waals surface area contributed by atoms with Crippen LogP contribution in [0.15, 0.2) is 30.3 Å². The molecule has 2 atom stereocenters. The van der Waals surface area contributed by atoms with E-state index in [1.165, 1.54) is 5.56 Å². The summed E-state index contributed by atoms with van der Waals surface area (Å²) in [4.78, 5) is 0. The van der Waals surface area contributed by atoms with Crippen molar-refractivity contribution < 1.29 is 14.9 Å². The lowest BCUT2D eigenvalue weighted by molar-refractivity contribution is -0.0259. The van der Waals surface area contributed by atoms with E-state index in [1.807, 2.05) is 18.2 Å². The lowest BCUT2D eigenvalue weighted by atomic mass is 10.1. The molecule has 18 heavy (non-hydrogen) atoms. The molecule has 102 valence electrons. The van der Waals surface area contributed by atoms with Crippen LogP contribution in [0.2, 0.25) is 0 Å². The minimum Gasteiger partial charge on any atom is -0.394 e. The third-order valence-electron chi connectivity index (χ3n) is 2.93. The summed E-state index contributed by atoms with van der Waals surface area (Å²) in [5.41, 5.74) is 1.34. The molecular formula is C15H24O3. The van der Waals surface area contributed by atoms with Crippen LogP contribution >= 0.6 is 0 Å². The smallest absolute Gasteiger partial charge is 0.0779 e. The Morgan fingerprint density at radius 2 is 1.89 bits per heavy atom. The van der Waals surface area contributed by atoms with Crippen LogP contribution in [0.4, 0.5) is 0 Å².